The molecule has 1 aromatic rings. The SMILES string of the molecule is CC(=O)c1cc(CNCC(C)(C)C)c(O)c2c1C[C@H]1C[C@H]3CC(O)=C(C(N)=O)C(=O)[C@@]3(O)C(O)=C1C2=O. The van der Waals surface area contributed by atoms with Crippen LogP contribution in [0.2, 0.25) is 0 Å². The summed E-state index contributed by atoms with van der Waals surface area (Å²) >= 11 is 0. The number of fused-ring (bicyclic) bond motifs is 3. The first-order valence-electron chi connectivity index (χ1n) is 12.2. The second-order valence-corrected chi connectivity index (χ2v) is 11.4. The van der Waals surface area contributed by atoms with E-state index in [9.17, 15) is 39.6 Å². The van der Waals surface area contributed by atoms with Crippen molar-refractivity contribution in [1.82, 2.24) is 5.32 Å². The molecule has 0 aliphatic heterocycles. The highest BCUT2D eigenvalue weighted by molar-refractivity contribution is 6.24. The number of rotatable bonds is 5. The van der Waals surface area contributed by atoms with Crippen LogP contribution >= 0.6 is 0 Å². The van der Waals surface area contributed by atoms with Crippen LogP contribution < -0.4 is 11.1 Å². The summed E-state index contributed by atoms with van der Waals surface area (Å²) in [5, 5.41) is 47.1. The zero-order valence-electron chi connectivity index (χ0n) is 21.3. The third-order valence-electron chi connectivity index (χ3n) is 7.49. The molecule has 7 N–H and O–H groups in total. The van der Waals surface area contributed by atoms with E-state index in [1.165, 1.54) is 6.92 Å². The van der Waals surface area contributed by atoms with E-state index >= 15 is 0 Å². The molecule has 3 aliphatic rings. The first-order chi connectivity index (χ1) is 17.1. The maximum absolute atomic E-state index is 13.8. The van der Waals surface area contributed by atoms with Crippen molar-refractivity contribution in [1.29, 1.82) is 0 Å². The molecule has 0 spiro atoms. The van der Waals surface area contributed by atoms with Gasteiger partial charge in [-0.05, 0) is 42.7 Å². The molecule has 0 fully saturated rings. The van der Waals surface area contributed by atoms with Gasteiger partial charge in [0.1, 0.15) is 22.8 Å². The molecule has 0 saturated carbocycles. The van der Waals surface area contributed by atoms with E-state index in [2.05, 4.69) is 5.32 Å². The van der Waals surface area contributed by atoms with E-state index in [0.29, 0.717) is 17.7 Å². The quantitative estimate of drug-likeness (QED) is 0.253. The Morgan fingerprint density at radius 3 is 2.38 bits per heavy atom. The number of ketones is 3. The number of aromatic hydroxyl groups is 1. The number of nitrogens with two attached hydrogens (primary N) is 1. The Morgan fingerprint density at radius 1 is 1.16 bits per heavy atom. The molecule has 0 aromatic heterocycles. The fourth-order valence-electron chi connectivity index (χ4n) is 5.76. The number of benzene rings is 1. The third-order valence-corrected chi connectivity index (χ3v) is 7.49. The molecule has 0 unspecified atom stereocenters. The molecule has 10 nitrogen and oxygen atoms in total. The van der Waals surface area contributed by atoms with Crippen LogP contribution in [0.5, 0.6) is 5.75 Å². The largest absolute Gasteiger partial charge is 0.511 e. The van der Waals surface area contributed by atoms with Crippen molar-refractivity contribution in [3.63, 3.8) is 0 Å². The van der Waals surface area contributed by atoms with Crippen molar-refractivity contribution in [2.75, 3.05) is 6.54 Å². The Balaban J connectivity index is 1.85. The Labute approximate surface area is 213 Å². The van der Waals surface area contributed by atoms with E-state index in [4.69, 9.17) is 5.73 Å². The predicted molar refractivity (Wildman–Crippen MR) is 132 cm³/mol. The van der Waals surface area contributed by atoms with Crippen LogP contribution in [-0.4, -0.2) is 55.8 Å². The van der Waals surface area contributed by atoms with Gasteiger partial charge in [-0.3, -0.25) is 19.2 Å². The fraction of sp³-hybridized carbons (Fsp3) is 0.481. The maximum Gasteiger partial charge on any atom is 0.255 e. The number of carbonyl (C=O) groups is 4. The Kier molecular flexibility index (Phi) is 6.32. The molecule has 4 rings (SSSR count). The number of aliphatic hydroxyl groups is 3. The molecule has 0 saturated heterocycles. The van der Waals surface area contributed by atoms with Crippen molar-refractivity contribution in [2.45, 2.75) is 59.1 Å². The minimum absolute atomic E-state index is 0.00983. The molecular weight excluding hydrogens is 480 g/mol. The van der Waals surface area contributed by atoms with Gasteiger partial charge in [-0.2, -0.15) is 0 Å². The van der Waals surface area contributed by atoms with E-state index in [1.54, 1.807) is 6.07 Å². The summed E-state index contributed by atoms with van der Waals surface area (Å²) in [6.07, 6.45) is -0.207. The number of hydrogen-bond acceptors (Lipinski definition) is 9. The number of primary amides is 1. The molecule has 198 valence electrons. The van der Waals surface area contributed by atoms with Gasteiger partial charge in [-0.25, -0.2) is 0 Å². The number of hydrogen-bond donors (Lipinski definition) is 6. The average molecular weight is 513 g/mol. The van der Waals surface area contributed by atoms with Crippen LogP contribution in [-0.2, 0) is 22.6 Å². The molecule has 1 aromatic carbocycles. The van der Waals surface area contributed by atoms with Gasteiger partial charge in [0.25, 0.3) is 5.91 Å². The van der Waals surface area contributed by atoms with Crippen molar-refractivity contribution in [2.24, 2.45) is 23.0 Å². The standard InChI is InChI=1S/C27H32N2O8/c1-11(30)15-7-13(9-29-10-26(2,3)4)21(32)19-16(15)6-12-5-14-8-17(31)20(25(28)36)24(35)27(14,37)23(34)18(12)22(19)33/h7,12,14,29,31-32,34,37H,5-6,8-10H2,1-4H3,(H2,28,36)/t12-,14+,27+/m1/s1. The number of Topliss-reactive ketones (excluding diaryl/α,β-unsaturated/α-hetero) is 3. The summed E-state index contributed by atoms with van der Waals surface area (Å²) in [6.45, 7) is 8.21. The molecule has 3 atom stereocenters. The summed E-state index contributed by atoms with van der Waals surface area (Å²) in [7, 11) is 0. The van der Waals surface area contributed by atoms with Crippen molar-refractivity contribution < 1.29 is 39.6 Å². The average Bonchev–Trinajstić information content (AvgIpc) is 2.76. The smallest absolute Gasteiger partial charge is 0.255 e. The van der Waals surface area contributed by atoms with Gasteiger partial charge in [0, 0.05) is 42.1 Å². The second kappa shape index (κ2) is 8.81. The lowest BCUT2D eigenvalue weighted by Gasteiger charge is -2.45. The lowest BCUT2D eigenvalue weighted by atomic mass is 9.60. The minimum atomic E-state index is -2.62. The Bertz CT molecular complexity index is 1320. The summed E-state index contributed by atoms with van der Waals surface area (Å²) in [5.41, 5.74) is 2.24. The second-order valence-electron chi connectivity index (χ2n) is 11.4. The lowest BCUT2D eigenvalue weighted by molar-refractivity contribution is -0.144. The highest BCUT2D eigenvalue weighted by atomic mass is 16.3. The molecule has 37 heavy (non-hydrogen) atoms. The van der Waals surface area contributed by atoms with Crippen LogP contribution in [0.4, 0.5) is 0 Å². The third kappa shape index (κ3) is 4.14. The predicted octanol–water partition coefficient (Wildman–Crippen LogP) is 1.92. The van der Waals surface area contributed by atoms with Crippen LogP contribution in [0.15, 0.2) is 28.7 Å². The number of phenols is 1. The van der Waals surface area contributed by atoms with Crippen molar-refractivity contribution in [3.8, 4) is 5.75 Å². The van der Waals surface area contributed by atoms with Crippen LogP contribution in [0, 0.1) is 17.3 Å². The highest BCUT2D eigenvalue weighted by Gasteiger charge is 2.59. The van der Waals surface area contributed by atoms with Gasteiger partial charge in [-0.1, -0.05) is 20.8 Å². The zero-order chi connectivity index (χ0) is 27.6. The number of amides is 1. The van der Waals surface area contributed by atoms with Crippen LogP contribution in [0.3, 0.4) is 0 Å². The lowest BCUT2D eigenvalue weighted by Crippen LogP contribution is -2.57. The molecule has 0 bridgehead atoms. The Hall–Kier alpha value is -3.50. The van der Waals surface area contributed by atoms with Crippen molar-refractivity contribution in [3.05, 3.63) is 51.0 Å². The number of nitrogens with one attached hydrogen (secondary N) is 1. The monoisotopic (exact) mass is 512 g/mol. The van der Waals surface area contributed by atoms with Crippen LogP contribution in [0.1, 0.15) is 72.4 Å². The van der Waals surface area contributed by atoms with Crippen LogP contribution in [0.25, 0.3) is 0 Å². The summed E-state index contributed by atoms with van der Waals surface area (Å²) in [5.74, 6) is -7.20. The summed E-state index contributed by atoms with van der Waals surface area (Å²) in [4.78, 5) is 51.2. The first-order valence-corrected chi connectivity index (χ1v) is 12.2. The maximum atomic E-state index is 13.8. The molecule has 0 radical (unpaired) electrons. The van der Waals surface area contributed by atoms with Gasteiger partial charge in [0.2, 0.25) is 5.78 Å². The van der Waals surface area contributed by atoms with Gasteiger partial charge < -0.3 is 31.5 Å². The number of carbonyl (C=O) groups excluding carboxylic acids is 4. The molecular formula is C27H32N2O8. The highest BCUT2D eigenvalue weighted by Crippen LogP contribution is 2.52. The van der Waals surface area contributed by atoms with E-state index in [-0.39, 0.29) is 59.5 Å². The van der Waals surface area contributed by atoms with E-state index in [0.717, 1.165) is 0 Å². The van der Waals surface area contributed by atoms with Gasteiger partial charge >= 0.3 is 0 Å². The normalized spacial score (nSPS) is 25.5. The molecule has 3 aliphatic carbocycles. The summed E-state index contributed by atoms with van der Waals surface area (Å²) in [6, 6.07) is 1.56. The number of aliphatic hydroxyl groups excluding tert-OH is 2. The number of allylic oxidation sites excluding steroid dienone is 2. The number of phenolic OH excluding ortho intramolecular Hbond substituents is 1. The van der Waals surface area contributed by atoms with Crippen molar-refractivity contribution >= 4 is 23.3 Å². The Morgan fingerprint density at radius 2 is 1.81 bits per heavy atom. The molecule has 1 amide bonds. The fourth-order valence-corrected chi connectivity index (χ4v) is 5.76. The van der Waals surface area contributed by atoms with Gasteiger partial charge in [0.15, 0.2) is 17.2 Å². The summed E-state index contributed by atoms with van der Waals surface area (Å²) < 4.78 is 0. The zero-order valence-corrected chi connectivity index (χ0v) is 21.3. The first kappa shape index (κ1) is 26.6. The van der Waals surface area contributed by atoms with Gasteiger partial charge in [-0.15, -0.1) is 0 Å². The van der Waals surface area contributed by atoms with E-state index < -0.39 is 52.0 Å². The molecule has 10 heteroatoms. The molecule has 0 heterocycles. The van der Waals surface area contributed by atoms with E-state index in [1.807, 2.05) is 20.8 Å². The minimum Gasteiger partial charge on any atom is -0.511 e. The topological polar surface area (TPSA) is 187 Å². The van der Waals surface area contributed by atoms with Gasteiger partial charge in [0.05, 0.1) is 5.56 Å².